The van der Waals surface area contributed by atoms with Gasteiger partial charge in [-0.1, -0.05) is 18.2 Å². The van der Waals surface area contributed by atoms with Crippen molar-refractivity contribution in [3.8, 4) is 0 Å². The fourth-order valence-electron chi connectivity index (χ4n) is 1.80. The van der Waals surface area contributed by atoms with Gasteiger partial charge in [-0.05, 0) is 36.2 Å². The maximum atomic E-state index is 13.5. The normalized spacial score (nSPS) is 10.4. The standard InChI is InChI=1S/C15H14F2N2O/c1-9-5-6-10(8-18)7-13(9)19-15(20)11-3-2-4-12(16)14(11)17/h2-7H,8,18H2,1H3,(H,19,20). The highest BCUT2D eigenvalue weighted by molar-refractivity contribution is 6.04. The number of anilines is 1. The fourth-order valence-corrected chi connectivity index (χ4v) is 1.80. The summed E-state index contributed by atoms with van der Waals surface area (Å²) in [5.41, 5.74) is 7.38. The highest BCUT2D eigenvalue weighted by atomic mass is 19.2. The Hall–Kier alpha value is -2.27. The van der Waals surface area contributed by atoms with Crippen molar-refractivity contribution in [2.75, 3.05) is 5.32 Å². The first-order valence-electron chi connectivity index (χ1n) is 6.08. The van der Waals surface area contributed by atoms with Gasteiger partial charge in [0.25, 0.3) is 5.91 Å². The van der Waals surface area contributed by atoms with Gasteiger partial charge >= 0.3 is 0 Å². The van der Waals surface area contributed by atoms with Gasteiger partial charge in [0.1, 0.15) is 0 Å². The first-order chi connectivity index (χ1) is 9.52. The smallest absolute Gasteiger partial charge is 0.258 e. The van der Waals surface area contributed by atoms with Crippen LogP contribution in [0.3, 0.4) is 0 Å². The highest BCUT2D eigenvalue weighted by Crippen LogP contribution is 2.19. The maximum Gasteiger partial charge on any atom is 0.258 e. The summed E-state index contributed by atoms with van der Waals surface area (Å²) in [5, 5.41) is 2.57. The van der Waals surface area contributed by atoms with Gasteiger partial charge in [0.2, 0.25) is 0 Å². The van der Waals surface area contributed by atoms with Gasteiger partial charge in [-0.3, -0.25) is 4.79 Å². The second-order valence-electron chi connectivity index (χ2n) is 4.41. The number of hydrogen-bond donors (Lipinski definition) is 2. The molecule has 2 aromatic rings. The van der Waals surface area contributed by atoms with E-state index in [0.717, 1.165) is 17.2 Å². The summed E-state index contributed by atoms with van der Waals surface area (Å²) in [7, 11) is 0. The fraction of sp³-hybridized carbons (Fsp3) is 0.133. The van der Waals surface area contributed by atoms with Crippen LogP contribution < -0.4 is 11.1 Å². The quantitative estimate of drug-likeness (QED) is 0.905. The van der Waals surface area contributed by atoms with Crippen molar-refractivity contribution in [2.45, 2.75) is 13.5 Å². The summed E-state index contributed by atoms with van der Waals surface area (Å²) in [6.07, 6.45) is 0. The molecule has 5 heteroatoms. The second kappa shape index (κ2) is 5.79. The van der Waals surface area contributed by atoms with Gasteiger partial charge < -0.3 is 11.1 Å². The number of carbonyl (C=O) groups is 1. The predicted octanol–water partition coefficient (Wildman–Crippen LogP) is 2.98. The summed E-state index contributed by atoms with van der Waals surface area (Å²) < 4.78 is 26.6. The van der Waals surface area contributed by atoms with Gasteiger partial charge in [0.15, 0.2) is 11.6 Å². The van der Waals surface area contributed by atoms with E-state index in [2.05, 4.69) is 5.32 Å². The van der Waals surface area contributed by atoms with Crippen LogP contribution in [0.2, 0.25) is 0 Å². The molecule has 3 N–H and O–H groups in total. The Labute approximate surface area is 115 Å². The molecule has 0 aromatic heterocycles. The number of rotatable bonds is 3. The van der Waals surface area contributed by atoms with E-state index < -0.39 is 17.5 Å². The Bertz CT molecular complexity index is 656. The molecule has 3 nitrogen and oxygen atoms in total. The van der Waals surface area contributed by atoms with E-state index in [1.54, 1.807) is 19.1 Å². The zero-order valence-corrected chi connectivity index (χ0v) is 10.9. The van der Waals surface area contributed by atoms with E-state index in [9.17, 15) is 13.6 Å². The lowest BCUT2D eigenvalue weighted by Crippen LogP contribution is -2.15. The van der Waals surface area contributed by atoms with Crippen molar-refractivity contribution >= 4 is 11.6 Å². The van der Waals surface area contributed by atoms with E-state index in [-0.39, 0.29) is 5.56 Å². The number of hydrogen-bond acceptors (Lipinski definition) is 2. The van der Waals surface area contributed by atoms with Crippen molar-refractivity contribution in [1.29, 1.82) is 0 Å². The van der Waals surface area contributed by atoms with E-state index in [4.69, 9.17) is 5.73 Å². The topological polar surface area (TPSA) is 55.1 Å². The highest BCUT2D eigenvalue weighted by Gasteiger charge is 2.15. The van der Waals surface area contributed by atoms with Crippen LogP contribution >= 0.6 is 0 Å². The molecule has 2 aromatic carbocycles. The number of amides is 1. The van der Waals surface area contributed by atoms with Crippen LogP contribution in [0.25, 0.3) is 0 Å². The molecule has 0 bridgehead atoms. The van der Waals surface area contributed by atoms with Gasteiger partial charge in [0.05, 0.1) is 5.56 Å². The molecule has 0 atom stereocenters. The van der Waals surface area contributed by atoms with Crippen LogP contribution in [0, 0.1) is 18.6 Å². The van der Waals surface area contributed by atoms with E-state index >= 15 is 0 Å². The molecule has 0 fully saturated rings. The van der Waals surface area contributed by atoms with Gasteiger partial charge in [-0.2, -0.15) is 0 Å². The predicted molar refractivity (Wildman–Crippen MR) is 73.4 cm³/mol. The van der Waals surface area contributed by atoms with Crippen LogP contribution in [-0.2, 0) is 6.54 Å². The maximum absolute atomic E-state index is 13.5. The molecule has 0 saturated carbocycles. The molecule has 0 aliphatic rings. The summed E-state index contributed by atoms with van der Waals surface area (Å²) >= 11 is 0. The molecular weight excluding hydrogens is 262 g/mol. The SMILES string of the molecule is Cc1ccc(CN)cc1NC(=O)c1cccc(F)c1F. The average molecular weight is 276 g/mol. The largest absolute Gasteiger partial charge is 0.326 e. The van der Waals surface area contributed by atoms with Crippen molar-refractivity contribution in [1.82, 2.24) is 0 Å². The third-order valence-corrected chi connectivity index (χ3v) is 2.98. The van der Waals surface area contributed by atoms with Crippen LogP contribution in [0.4, 0.5) is 14.5 Å². The van der Waals surface area contributed by atoms with Crippen molar-refractivity contribution in [3.05, 3.63) is 64.7 Å². The molecule has 0 aliphatic carbocycles. The van der Waals surface area contributed by atoms with Gasteiger partial charge in [-0.25, -0.2) is 8.78 Å². The molecule has 0 spiro atoms. The van der Waals surface area contributed by atoms with Crippen LogP contribution in [0.5, 0.6) is 0 Å². The van der Waals surface area contributed by atoms with Crippen LogP contribution in [0.15, 0.2) is 36.4 Å². The Morgan fingerprint density at radius 3 is 2.70 bits per heavy atom. The number of nitrogens with two attached hydrogens (primary N) is 1. The van der Waals surface area contributed by atoms with Crippen molar-refractivity contribution in [3.63, 3.8) is 0 Å². The number of aryl methyl sites for hydroxylation is 1. The molecule has 1 amide bonds. The summed E-state index contributed by atoms with van der Waals surface area (Å²) in [5.74, 6) is -2.90. The van der Waals surface area contributed by atoms with Crippen molar-refractivity contribution < 1.29 is 13.6 Å². The average Bonchev–Trinajstić information content (AvgIpc) is 2.44. The summed E-state index contributed by atoms with van der Waals surface area (Å²) in [6, 6.07) is 8.84. The molecule has 0 unspecified atom stereocenters. The number of halogens is 2. The lowest BCUT2D eigenvalue weighted by atomic mass is 10.1. The minimum atomic E-state index is -1.15. The van der Waals surface area contributed by atoms with E-state index in [1.807, 2.05) is 6.07 Å². The Balaban J connectivity index is 2.30. The number of nitrogens with one attached hydrogen (secondary N) is 1. The van der Waals surface area contributed by atoms with Crippen LogP contribution in [0.1, 0.15) is 21.5 Å². The molecular formula is C15H14F2N2O. The molecule has 0 heterocycles. The lowest BCUT2D eigenvalue weighted by molar-refractivity contribution is 0.102. The molecule has 0 aliphatic heterocycles. The third kappa shape index (κ3) is 2.83. The molecule has 2 rings (SSSR count). The van der Waals surface area contributed by atoms with E-state index in [1.165, 1.54) is 12.1 Å². The molecule has 20 heavy (non-hydrogen) atoms. The van der Waals surface area contributed by atoms with E-state index in [0.29, 0.717) is 12.2 Å². The first-order valence-corrected chi connectivity index (χ1v) is 6.08. The third-order valence-electron chi connectivity index (χ3n) is 2.98. The molecule has 104 valence electrons. The minimum Gasteiger partial charge on any atom is -0.326 e. The van der Waals surface area contributed by atoms with Crippen LogP contribution in [-0.4, -0.2) is 5.91 Å². The Kier molecular flexibility index (Phi) is 4.10. The van der Waals surface area contributed by atoms with Gasteiger partial charge in [-0.15, -0.1) is 0 Å². The first kappa shape index (κ1) is 14.1. The van der Waals surface area contributed by atoms with Crippen molar-refractivity contribution in [2.24, 2.45) is 5.73 Å². The summed E-state index contributed by atoms with van der Waals surface area (Å²) in [6.45, 7) is 2.13. The monoisotopic (exact) mass is 276 g/mol. The minimum absolute atomic E-state index is 0.331. The Morgan fingerprint density at radius 1 is 1.25 bits per heavy atom. The van der Waals surface area contributed by atoms with Gasteiger partial charge in [0, 0.05) is 12.2 Å². The molecule has 0 saturated heterocycles. The Morgan fingerprint density at radius 2 is 2.00 bits per heavy atom. The summed E-state index contributed by atoms with van der Waals surface area (Å²) in [4.78, 5) is 12.0. The second-order valence-corrected chi connectivity index (χ2v) is 4.41. The number of benzene rings is 2. The zero-order chi connectivity index (χ0) is 14.7. The lowest BCUT2D eigenvalue weighted by Gasteiger charge is -2.10. The number of carbonyl (C=O) groups excluding carboxylic acids is 1. The zero-order valence-electron chi connectivity index (χ0n) is 10.9. The molecule has 0 radical (unpaired) electrons.